The Balaban J connectivity index is 1.76. The van der Waals surface area contributed by atoms with Crippen molar-refractivity contribution in [3.05, 3.63) is 0 Å². The Morgan fingerprint density at radius 2 is 2.17 bits per heavy atom. The summed E-state index contributed by atoms with van der Waals surface area (Å²) < 4.78 is 0. The van der Waals surface area contributed by atoms with Gasteiger partial charge in [-0.1, -0.05) is 6.42 Å². The van der Waals surface area contributed by atoms with Crippen molar-refractivity contribution in [2.45, 2.75) is 44.7 Å². The Labute approximate surface area is 75.3 Å². The standard InChI is InChI=1S/C10H20N2/c1-9-4-2-3-7-12(9)8-10-5-6-11-10/h9-11H,2-8H2,1H3. The van der Waals surface area contributed by atoms with Gasteiger partial charge in [-0.05, 0) is 39.3 Å². The predicted molar refractivity (Wildman–Crippen MR) is 51.3 cm³/mol. The van der Waals surface area contributed by atoms with Crippen molar-refractivity contribution in [1.82, 2.24) is 10.2 Å². The van der Waals surface area contributed by atoms with E-state index in [1.54, 1.807) is 0 Å². The average Bonchev–Trinajstić information content (AvgIpc) is 2.00. The summed E-state index contributed by atoms with van der Waals surface area (Å²) >= 11 is 0. The average molecular weight is 168 g/mol. The third kappa shape index (κ3) is 1.80. The van der Waals surface area contributed by atoms with Crippen LogP contribution in [0.4, 0.5) is 0 Å². The number of hydrogen-bond acceptors (Lipinski definition) is 2. The van der Waals surface area contributed by atoms with Crippen LogP contribution in [0.1, 0.15) is 32.6 Å². The molecule has 2 atom stereocenters. The maximum absolute atomic E-state index is 3.47. The van der Waals surface area contributed by atoms with Crippen molar-refractivity contribution >= 4 is 0 Å². The minimum atomic E-state index is 0.811. The molecule has 0 aromatic heterocycles. The first-order valence-corrected chi connectivity index (χ1v) is 5.33. The fourth-order valence-electron chi connectivity index (χ4n) is 2.22. The van der Waals surface area contributed by atoms with Crippen molar-refractivity contribution in [2.24, 2.45) is 0 Å². The third-order valence-electron chi connectivity index (χ3n) is 3.32. The zero-order chi connectivity index (χ0) is 8.39. The lowest BCUT2D eigenvalue weighted by molar-refractivity contribution is 0.128. The Hall–Kier alpha value is -0.0800. The van der Waals surface area contributed by atoms with Gasteiger partial charge in [-0.15, -0.1) is 0 Å². The Bertz CT molecular complexity index is 143. The van der Waals surface area contributed by atoms with E-state index in [0.717, 1.165) is 12.1 Å². The van der Waals surface area contributed by atoms with Gasteiger partial charge in [0.25, 0.3) is 0 Å². The molecule has 0 spiro atoms. The molecule has 0 radical (unpaired) electrons. The number of piperidine rings is 1. The van der Waals surface area contributed by atoms with E-state index in [0.29, 0.717) is 0 Å². The van der Waals surface area contributed by atoms with Crippen molar-refractivity contribution in [3.63, 3.8) is 0 Å². The van der Waals surface area contributed by atoms with E-state index in [1.807, 2.05) is 0 Å². The normalized spacial score (nSPS) is 37.8. The first kappa shape index (κ1) is 8.52. The summed E-state index contributed by atoms with van der Waals surface area (Å²) in [4.78, 5) is 2.65. The largest absolute Gasteiger partial charge is 0.313 e. The minimum Gasteiger partial charge on any atom is -0.313 e. The van der Waals surface area contributed by atoms with E-state index in [-0.39, 0.29) is 0 Å². The van der Waals surface area contributed by atoms with Gasteiger partial charge in [0.15, 0.2) is 0 Å². The predicted octanol–water partition coefficient (Wildman–Crippen LogP) is 1.22. The molecule has 2 fully saturated rings. The van der Waals surface area contributed by atoms with Crippen LogP contribution in [0.5, 0.6) is 0 Å². The van der Waals surface area contributed by atoms with Crippen LogP contribution in [-0.2, 0) is 0 Å². The van der Waals surface area contributed by atoms with E-state index in [1.165, 1.54) is 45.3 Å². The fraction of sp³-hybridized carbons (Fsp3) is 1.00. The van der Waals surface area contributed by atoms with E-state index in [9.17, 15) is 0 Å². The summed E-state index contributed by atoms with van der Waals surface area (Å²) in [5.41, 5.74) is 0. The molecule has 2 rings (SSSR count). The van der Waals surface area contributed by atoms with Crippen LogP contribution in [0, 0.1) is 0 Å². The molecule has 2 heterocycles. The van der Waals surface area contributed by atoms with E-state index >= 15 is 0 Å². The Kier molecular flexibility index (Phi) is 2.66. The highest BCUT2D eigenvalue weighted by atomic mass is 15.2. The second-order valence-corrected chi connectivity index (χ2v) is 4.28. The number of likely N-dealkylation sites (tertiary alicyclic amines) is 1. The van der Waals surface area contributed by atoms with Crippen LogP contribution >= 0.6 is 0 Å². The topological polar surface area (TPSA) is 15.3 Å². The fourth-order valence-corrected chi connectivity index (χ4v) is 2.22. The molecule has 2 nitrogen and oxygen atoms in total. The summed E-state index contributed by atoms with van der Waals surface area (Å²) in [6, 6.07) is 1.65. The molecule has 2 unspecified atom stereocenters. The van der Waals surface area contributed by atoms with E-state index in [4.69, 9.17) is 0 Å². The summed E-state index contributed by atoms with van der Waals surface area (Å²) in [5.74, 6) is 0. The molecule has 70 valence electrons. The Morgan fingerprint density at radius 3 is 2.75 bits per heavy atom. The van der Waals surface area contributed by atoms with Gasteiger partial charge in [-0.2, -0.15) is 0 Å². The maximum atomic E-state index is 3.47. The summed E-state index contributed by atoms with van der Waals surface area (Å²) in [7, 11) is 0. The molecule has 12 heavy (non-hydrogen) atoms. The van der Waals surface area contributed by atoms with Gasteiger partial charge in [0, 0.05) is 18.6 Å². The molecule has 2 heteroatoms. The highest BCUT2D eigenvalue weighted by molar-refractivity contribution is 4.84. The van der Waals surface area contributed by atoms with Crippen LogP contribution < -0.4 is 5.32 Å². The zero-order valence-electron chi connectivity index (χ0n) is 8.05. The summed E-state index contributed by atoms with van der Waals surface area (Å²) in [6.45, 7) is 6.24. The quantitative estimate of drug-likeness (QED) is 0.667. The SMILES string of the molecule is CC1CCCCN1CC1CCN1. The van der Waals surface area contributed by atoms with Crippen LogP contribution in [0.25, 0.3) is 0 Å². The van der Waals surface area contributed by atoms with E-state index < -0.39 is 0 Å². The lowest BCUT2D eigenvalue weighted by Gasteiger charge is -2.39. The van der Waals surface area contributed by atoms with E-state index in [2.05, 4.69) is 17.1 Å². The van der Waals surface area contributed by atoms with Gasteiger partial charge in [0.1, 0.15) is 0 Å². The molecule has 0 saturated carbocycles. The van der Waals surface area contributed by atoms with Gasteiger partial charge in [0.05, 0.1) is 0 Å². The van der Waals surface area contributed by atoms with Crippen molar-refractivity contribution < 1.29 is 0 Å². The van der Waals surface area contributed by atoms with Crippen LogP contribution in [0.15, 0.2) is 0 Å². The summed E-state index contributed by atoms with van der Waals surface area (Å²) in [6.07, 6.45) is 5.66. The number of rotatable bonds is 2. The smallest absolute Gasteiger partial charge is 0.0207 e. The number of nitrogens with one attached hydrogen (secondary N) is 1. The lowest BCUT2D eigenvalue weighted by atomic mass is 10.0. The van der Waals surface area contributed by atoms with Gasteiger partial charge in [0.2, 0.25) is 0 Å². The maximum Gasteiger partial charge on any atom is 0.0207 e. The van der Waals surface area contributed by atoms with Crippen LogP contribution in [0.3, 0.4) is 0 Å². The molecule has 1 N–H and O–H groups in total. The van der Waals surface area contributed by atoms with Gasteiger partial charge in [-0.3, -0.25) is 4.90 Å². The minimum absolute atomic E-state index is 0.811. The van der Waals surface area contributed by atoms with Crippen molar-refractivity contribution in [2.75, 3.05) is 19.6 Å². The lowest BCUT2D eigenvalue weighted by Crippen LogP contribution is -2.53. The molecule has 0 amide bonds. The molecule has 0 aliphatic carbocycles. The third-order valence-corrected chi connectivity index (χ3v) is 3.32. The molecule has 0 aromatic rings. The van der Waals surface area contributed by atoms with Crippen LogP contribution in [-0.4, -0.2) is 36.6 Å². The second kappa shape index (κ2) is 3.75. The monoisotopic (exact) mass is 168 g/mol. The molecule has 0 bridgehead atoms. The summed E-state index contributed by atoms with van der Waals surface area (Å²) in [5, 5.41) is 3.47. The van der Waals surface area contributed by atoms with Gasteiger partial charge >= 0.3 is 0 Å². The molecular weight excluding hydrogens is 148 g/mol. The molecule has 2 aliphatic heterocycles. The second-order valence-electron chi connectivity index (χ2n) is 4.28. The molecule has 2 saturated heterocycles. The first-order valence-electron chi connectivity index (χ1n) is 5.33. The van der Waals surface area contributed by atoms with Gasteiger partial charge in [-0.25, -0.2) is 0 Å². The number of nitrogens with zero attached hydrogens (tertiary/aromatic N) is 1. The Morgan fingerprint density at radius 1 is 1.33 bits per heavy atom. The highest BCUT2D eigenvalue weighted by Crippen LogP contribution is 2.17. The zero-order valence-corrected chi connectivity index (χ0v) is 8.05. The number of hydrogen-bond donors (Lipinski definition) is 1. The van der Waals surface area contributed by atoms with Crippen molar-refractivity contribution in [1.29, 1.82) is 0 Å². The first-order chi connectivity index (χ1) is 5.86. The molecule has 0 aromatic carbocycles. The molecule has 2 aliphatic rings. The van der Waals surface area contributed by atoms with Crippen LogP contribution in [0.2, 0.25) is 0 Å². The highest BCUT2D eigenvalue weighted by Gasteiger charge is 2.24. The molecular formula is C10H20N2. The van der Waals surface area contributed by atoms with Crippen molar-refractivity contribution in [3.8, 4) is 0 Å². The van der Waals surface area contributed by atoms with Gasteiger partial charge < -0.3 is 5.32 Å².